The van der Waals surface area contributed by atoms with E-state index in [2.05, 4.69) is 33.3 Å². The number of benzene rings is 1. The van der Waals surface area contributed by atoms with Gasteiger partial charge in [0.05, 0.1) is 13.2 Å². The summed E-state index contributed by atoms with van der Waals surface area (Å²) in [6.07, 6.45) is 2.30. The molecule has 0 aliphatic carbocycles. The number of nitrogens with one attached hydrogen (secondary N) is 2. The molecule has 7 nitrogen and oxygen atoms in total. The van der Waals surface area contributed by atoms with Crippen molar-refractivity contribution in [2.24, 2.45) is 5.92 Å². The molecule has 1 amide bonds. The van der Waals surface area contributed by atoms with Gasteiger partial charge in [0.2, 0.25) is 10.0 Å². The van der Waals surface area contributed by atoms with Crippen molar-refractivity contribution in [3.8, 4) is 5.75 Å². The first-order valence-corrected chi connectivity index (χ1v) is 13.3. The summed E-state index contributed by atoms with van der Waals surface area (Å²) in [5, 5.41) is 5.08. The Morgan fingerprint density at radius 2 is 1.97 bits per heavy atom. The molecule has 2 N–H and O–H groups in total. The monoisotopic (exact) mass is 479 g/mol. The Hall–Kier alpha value is -1.94. The van der Waals surface area contributed by atoms with E-state index in [1.165, 1.54) is 24.1 Å². The van der Waals surface area contributed by atoms with E-state index in [1.807, 2.05) is 6.07 Å². The number of nitrogens with zero attached hydrogens (tertiary/aromatic N) is 1. The molecule has 2 heterocycles. The lowest BCUT2D eigenvalue weighted by Gasteiger charge is -2.36. The Morgan fingerprint density at radius 3 is 2.56 bits per heavy atom. The van der Waals surface area contributed by atoms with E-state index in [9.17, 15) is 13.2 Å². The molecule has 9 heteroatoms. The van der Waals surface area contributed by atoms with Crippen LogP contribution in [0.2, 0.25) is 0 Å². The van der Waals surface area contributed by atoms with E-state index in [0.717, 1.165) is 31.8 Å². The van der Waals surface area contributed by atoms with Crippen molar-refractivity contribution in [2.45, 2.75) is 50.6 Å². The Morgan fingerprint density at radius 1 is 1.25 bits per heavy atom. The maximum atomic E-state index is 13.0. The van der Waals surface area contributed by atoms with Gasteiger partial charge >= 0.3 is 0 Å². The lowest BCUT2D eigenvalue weighted by Crippen LogP contribution is -2.41. The lowest BCUT2D eigenvalue weighted by molar-refractivity contribution is 0.0914. The summed E-state index contributed by atoms with van der Waals surface area (Å²) in [4.78, 5) is 16.6. The molecule has 1 atom stereocenters. The van der Waals surface area contributed by atoms with Crippen molar-refractivity contribution in [1.82, 2.24) is 14.9 Å². The first kappa shape index (κ1) is 24.7. The number of carbonyl (C=O) groups excluding carboxylic acids is 1. The number of likely N-dealkylation sites (tertiary alicyclic amines) is 1. The fourth-order valence-electron chi connectivity index (χ4n) is 3.92. The van der Waals surface area contributed by atoms with Crippen molar-refractivity contribution < 1.29 is 17.9 Å². The molecule has 3 rings (SSSR count). The number of methoxy groups -OCH3 is 1. The zero-order chi connectivity index (χ0) is 23.3. The van der Waals surface area contributed by atoms with Gasteiger partial charge in [-0.2, -0.15) is 0 Å². The normalized spacial score (nSPS) is 16.8. The Bertz CT molecular complexity index is 998. The predicted molar refractivity (Wildman–Crippen MR) is 128 cm³/mol. The van der Waals surface area contributed by atoms with E-state index >= 15 is 0 Å². The third-order valence-electron chi connectivity index (χ3n) is 5.69. The summed E-state index contributed by atoms with van der Waals surface area (Å²) in [6.45, 7) is 8.24. The van der Waals surface area contributed by atoms with Crippen LogP contribution in [-0.2, 0) is 10.0 Å². The van der Waals surface area contributed by atoms with Gasteiger partial charge in [-0.15, -0.1) is 11.3 Å². The zero-order valence-electron chi connectivity index (χ0n) is 19.1. The van der Waals surface area contributed by atoms with Gasteiger partial charge < -0.3 is 10.1 Å². The number of ether oxygens (including phenoxy) is 1. The summed E-state index contributed by atoms with van der Waals surface area (Å²) < 4.78 is 33.2. The minimum Gasteiger partial charge on any atom is -0.495 e. The number of piperidine rings is 1. The SMILES string of the molecule is COc1ccc(C(=O)NCC(c2cccs2)N2CCC(C)CC2)cc1S(=O)(=O)NC(C)C. The van der Waals surface area contributed by atoms with Gasteiger partial charge in [0.25, 0.3) is 5.91 Å². The molecule has 1 fully saturated rings. The standard InChI is InChI=1S/C23H33N3O4S2/c1-16(2)25-32(28,29)22-14-18(7-8-20(22)30-4)23(27)24-15-19(21-6-5-13-31-21)26-11-9-17(3)10-12-26/h5-8,13-14,16-17,19,25H,9-12,15H2,1-4H3,(H,24,27). The highest BCUT2D eigenvalue weighted by Gasteiger charge is 2.27. The van der Waals surface area contributed by atoms with Crippen molar-refractivity contribution >= 4 is 27.3 Å². The van der Waals surface area contributed by atoms with Crippen LogP contribution in [0.1, 0.15) is 54.9 Å². The molecule has 2 aromatic rings. The van der Waals surface area contributed by atoms with E-state index in [0.29, 0.717) is 6.54 Å². The van der Waals surface area contributed by atoms with Gasteiger partial charge in [-0.25, -0.2) is 13.1 Å². The third-order valence-corrected chi connectivity index (χ3v) is 8.35. The van der Waals surface area contributed by atoms with E-state index in [4.69, 9.17) is 4.74 Å². The molecule has 0 spiro atoms. The fraction of sp³-hybridized carbons (Fsp3) is 0.522. The van der Waals surface area contributed by atoms with Gasteiger partial charge in [0.15, 0.2) is 0 Å². The Labute approximate surface area is 195 Å². The van der Waals surface area contributed by atoms with Crippen LogP contribution in [0.25, 0.3) is 0 Å². The molecule has 0 saturated carbocycles. The van der Waals surface area contributed by atoms with Crippen molar-refractivity contribution in [3.63, 3.8) is 0 Å². The third kappa shape index (κ3) is 6.10. The molecule has 1 aliphatic heterocycles. The smallest absolute Gasteiger partial charge is 0.251 e. The van der Waals surface area contributed by atoms with Crippen molar-refractivity contribution in [2.75, 3.05) is 26.7 Å². The second kappa shape index (κ2) is 10.8. The van der Waals surface area contributed by atoms with Gasteiger partial charge in [-0.1, -0.05) is 13.0 Å². The quantitative estimate of drug-likeness (QED) is 0.573. The maximum Gasteiger partial charge on any atom is 0.251 e. The molecule has 1 saturated heterocycles. The van der Waals surface area contributed by atoms with Crippen molar-refractivity contribution in [1.29, 1.82) is 0 Å². The number of hydrogen-bond donors (Lipinski definition) is 2. The molecular weight excluding hydrogens is 446 g/mol. The summed E-state index contributed by atoms with van der Waals surface area (Å²) in [7, 11) is -2.40. The zero-order valence-corrected chi connectivity index (χ0v) is 20.8. The first-order chi connectivity index (χ1) is 15.2. The molecular formula is C23H33N3O4S2. The molecule has 0 radical (unpaired) electrons. The van der Waals surface area contributed by atoms with Crippen LogP contribution < -0.4 is 14.8 Å². The number of hydrogen-bond acceptors (Lipinski definition) is 6. The highest BCUT2D eigenvalue weighted by atomic mass is 32.2. The topological polar surface area (TPSA) is 87.7 Å². The summed E-state index contributed by atoms with van der Waals surface area (Å²) in [5.74, 6) is 0.623. The fourth-order valence-corrected chi connectivity index (χ4v) is 6.23. The highest BCUT2D eigenvalue weighted by molar-refractivity contribution is 7.89. The van der Waals surface area contributed by atoms with Gasteiger partial charge in [-0.3, -0.25) is 9.69 Å². The number of carbonyl (C=O) groups is 1. The van der Waals surface area contributed by atoms with Crippen LogP contribution in [0.3, 0.4) is 0 Å². The van der Waals surface area contributed by atoms with Gasteiger partial charge in [-0.05, 0) is 75.3 Å². The molecule has 176 valence electrons. The second-order valence-electron chi connectivity index (χ2n) is 8.60. The average molecular weight is 480 g/mol. The Kier molecular flexibility index (Phi) is 8.32. The van der Waals surface area contributed by atoms with Crippen LogP contribution in [0.5, 0.6) is 5.75 Å². The van der Waals surface area contributed by atoms with Crippen LogP contribution in [-0.4, -0.2) is 52.0 Å². The lowest BCUT2D eigenvalue weighted by atomic mass is 9.97. The summed E-state index contributed by atoms with van der Waals surface area (Å²) in [5.41, 5.74) is 0.284. The van der Waals surface area contributed by atoms with Crippen LogP contribution in [0.4, 0.5) is 0 Å². The van der Waals surface area contributed by atoms with Gasteiger partial charge in [0, 0.05) is 23.0 Å². The molecule has 0 bridgehead atoms. The van der Waals surface area contributed by atoms with Crippen LogP contribution >= 0.6 is 11.3 Å². The molecule has 32 heavy (non-hydrogen) atoms. The van der Waals surface area contributed by atoms with E-state index in [-0.39, 0.29) is 34.2 Å². The minimum absolute atomic E-state index is 0.0406. The second-order valence-corrected chi connectivity index (χ2v) is 11.3. The van der Waals surface area contributed by atoms with E-state index < -0.39 is 10.0 Å². The summed E-state index contributed by atoms with van der Waals surface area (Å²) in [6, 6.07) is 8.45. The molecule has 1 aromatic heterocycles. The first-order valence-electron chi connectivity index (χ1n) is 11.0. The van der Waals surface area contributed by atoms with Crippen LogP contribution in [0.15, 0.2) is 40.6 Å². The average Bonchev–Trinajstić information content (AvgIpc) is 3.28. The largest absolute Gasteiger partial charge is 0.495 e. The minimum atomic E-state index is -3.81. The summed E-state index contributed by atoms with van der Waals surface area (Å²) >= 11 is 1.69. The van der Waals surface area contributed by atoms with Crippen LogP contribution in [0, 0.1) is 5.92 Å². The molecule has 1 aromatic carbocycles. The number of amides is 1. The Balaban J connectivity index is 1.77. The van der Waals surface area contributed by atoms with E-state index in [1.54, 1.807) is 31.3 Å². The maximum absolute atomic E-state index is 13.0. The molecule has 1 aliphatic rings. The molecule has 1 unspecified atom stereocenters. The van der Waals surface area contributed by atoms with Crippen molar-refractivity contribution in [3.05, 3.63) is 46.2 Å². The number of thiophene rings is 1. The number of rotatable bonds is 9. The number of sulfonamides is 1. The predicted octanol–water partition coefficient (Wildman–Crippen LogP) is 3.65. The highest BCUT2D eigenvalue weighted by Crippen LogP contribution is 2.29. The van der Waals surface area contributed by atoms with Gasteiger partial charge in [0.1, 0.15) is 10.6 Å².